The summed E-state index contributed by atoms with van der Waals surface area (Å²) in [6.07, 6.45) is -4.29. The van der Waals surface area contributed by atoms with E-state index < -0.39 is 17.7 Å². The van der Waals surface area contributed by atoms with Crippen LogP contribution in [-0.4, -0.2) is 18.4 Å². The minimum Gasteiger partial charge on any atom is -0.280 e. The molecule has 0 saturated heterocycles. The summed E-state index contributed by atoms with van der Waals surface area (Å²) < 4.78 is 50.7. The Morgan fingerprint density at radius 3 is 2.60 bits per heavy atom. The van der Waals surface area contributed by atoms with Gasteiger partial charge in [-0.3, -0.25) is 4.99 Å². The number of rotatable bonds is 0. The van der Waals surface area contributed by atoms with Crippen LogP contribution in [0.25, 0.3) is 0 Å². The predicted molar refractivity (Wildman–Crippen MR) is 47.6 cm³/mol. The van der Waals surface area contributed by atoms with Crippen LogP contribution in [0, 0.1) is 5.82 Å². The molecule has 0 aliphatic carbocycles. The summed E-state index contributed by atoms with van der Waals surface area (Å²) in [5, 5.41) is 0. The molecule has 0 amide bonds. The maximum Gasteiger partial charge on any atom is 0.433 e. The van der Waals surface area contributed by atoms with Gasteiger partial charge >= 0.3 is 6.18 Å². The molecule has 0 aromatic heterocycles. The quantitative estimate of drug-likeness (QED) is 0.592. The molecule has 1 aliphatic heterocycles. The SMILES string of the molecule is Fc1cccc2c1CCN=C2C(F)(F)F. The van der Waals surface area contributed by atoms with Crippen molar-refractivity contribution in [3.8, 4) is 0 Å². The maximum absolute atomic E-state index is 13.2. The lowest BCUT2D eigenvalue weighted by Crippen LogP contribution is -2.28. The first-order chi connectivity index (χ1) is 7.00. The monoisotopic (exact) mass is 217 g/mol. The van der Waals surface area contributed by atoms with Crippen molar-refractivity contribution in [1.29, 1.82) is 0 Å². The van der Waals surface area contributed by atoms with Crippen LogP contribution >= 0.6 is 0 Å². The van der Waals surface area contributed by atoms with Gasteiger partial charge in [0.2, 0.25) is 0 Å². The number of halogens is 4. The lowest BCUT2D eigenvalue weighted by atomic mass is 9.97. The normalized spacial score (nSPS) is 15.9. The van der Waals surface area contributed by atoms with Gasteiger partial charge in [0.1, 0.15) is 11.5 Å². The van der Waals surface area contributed by atoms with Gasteiger partial charge in [0.25, 0.3) is 0 Å². The number of nitrogens with zero attached hydrogens (tertiary/aromatic N) is 1. The van der Waals surface area contributed by atoms with Crippen molar-refractivity contribution in [1.82, 2.24) is 0 Å². The van der Waals surface area contributed by atoms with Crippen LogP contribution in [-0.2, 0) is 6.42 Å². The molecule has 1 aromatic carbocycles. The van der Waals surface area contributed by atoms with Crippen molar-refractivity contribution in [2.45, 2.75) is 12.6 Å². The molecule has 0 N–H and O–H groups in total. The average molecular weight is 217 g/mol. The zero-order valence-electron chi connectivity index (χ0n) is 7.61. The molecule has 1 nitrogen and oxygen atoms in total. The summed E-state index contributed by atoms with van der Waals surface area (Å²) in [6, 6.07) is 3.68. The van der Waals surface area contributed by atoms with Gasteiger partial charge < -0.3 is 0 Å². The summed E-state index contributed by atoms with van der Waals surface area (Å²) in [4.78, 5) is 3.41. The van der Waals surface area contributed by atoms with Crippen molar-refractivity contribution in [3.63, 3.8) is 0 Å². The molecule has 0 spiro atoms. The molecule has 0 bridgehead atoms. The number of fused-ring (bicyclic) bond motifs is 1. The zero-order valence-corrected chi connectivity index (χ0v) is 7.61. The van der Waals surface area contributed by atoms with E-state index in [2.05, 4.69) is 4.99 Å². The highest BCUT2D eigenvalue weighted by Crippen LogP contribution is 2.28. The van der Waals surface area contributed by atoms with Crippen molar-refractivity contribution in [2.24, 2.45) is 4.99 Å². The van der Waals surface area contributed by atoms with Crippen LogP contribution in [0.2, 0.25) is 0 Å². The molecule has 0 saturated carbocycles. The van der Waals surface area contributed by atoms with E-state index in [0.717, 1.165) is 6.07 Å². The van der Waals surface area contributed by atoms with E-state index in [9.17, 15) is 17.6 Å². The third kappa shape index (κ3) is 1.73. The lowest BCUT2D eigenvalue weighted by Gasteiger charge is -2.18. The van der Waals surface area contributed by atoms with E-state index >= 15 is 0 Å². The molecule has 0 radical (unpaired) electrons. The third-order valence-corrected chi connectivity index (χ3v) is 2.27. The van der Waals surface area contributed by atoms with E-state index in [-0.39, 0.29) is 24.1 Å². The van der Waals surface area contributed by atoms with Gasteiger partial charge in [-0.15, -0.1) is 0 Å². The largest absolute Gasteiger partial charge is 0.433 e. The van der Waals surface area contributed by atoms with Gasteiger partial charge in [-0.25, -0.2) is 4.39 Å². The molecule has 1 heterocycles. The van der Waals surface area contributed by atoms with Crippen LogP contribution in [0.1, 0.15) is 11.1 Å². The third-order valence-electron chi connectivity index (χ3n) is 2.27. The summed E-state index contributed by atoms with van der Waals surface area (Å²) >= 11 is 0. The zero-order chi connectivity index (χ0) is 11.1. The van der Waals surface area contributed by atoms with Crippen molar-refractivity contribution < 1.29 is 17.6 Å². The Kier molecular flexibility index (Phi) is 2.25. The molecule has 1 aromatic rings. The number of hydrogen-bond acceptors (Lipinski definition) is 1. The Morgan fingerprint density at radius 1 is 1.20 bits per heavy atom. The fourth-order valence-corrected chi connectivity index (χ4v) is 1.64. The molecule has 0 unspecified atom stereocenters. The topological polar surface area (TPSA) is 12.4 Å². The number of benzene rings is 1. The van der Waals surface area contributed by atoms with Crippen LogP contribution in [0.15, 0.2) is 23.2 Å². The highest BCUT2D eigenvalue weighted by Gasteiger charge is 2.39. The standard InChI is InChI=1S/C10H7F4N/c11-8-3-1-2-7-6(8)4-5-15-9(7)10(12,13)14/h1-3H,4-5H2. The maximum atomic E-state index is 13.2. The highest BCUT2D eigenvalue weighted by molar-refractivity contribution is 6.06. The Bertz CT molecular complexity index is 420. The number of alkyl halides is 3. The highest BCUT2D eigenvalue weighted by atomic mass is 19.4. The molecule has 0 atom stereocenters. The molecule has 2 rings (SSSR count). The van der Waals surface area contributed by atoms with E-state index in [4.69, 9.17) is 0 Å². The minimum absolute atomic E-state index is 0.0111. The van der Waals surface area contributed by atoms with Gasteiger partial charge in [0.05, 0.1) is 0 Å². The van der Waals surface area contributed by atoms with Crippen molar-refractivity contribution >= 4 is 5.71 Å². The minimum atomic E-state index is -4.51. The Labute approximate surface area is 83.4 Å². The van der Waals surface area contributed by atoms with Crippen LogP contribution in [0.4, 0.5) is 17.6 Å². The lowest BCUT2D eigenvalue weighted by molar-refractivity contribution is -0.0584. The second-order valence-corrected chi connectivity index (χ2v) is 3.24. The first-order valence-electron chi connectivity index (χ1n) is 4.39. The summed E-state index contributed by atoms with van der Waals surface area (Å²) in [7, 11) is 0. The second-order valence-electron chi connectivity index (χ2n) is 3.24. The Balaban J connectivity index is 2.57. The van der Waals surface area contributed by atoms with Gasteiger partial charge in [0.15, 0.2) is 0 Å². The van der Waals surface area contributed by atoms with E-state index in [1.807, 2.05) is 0 Å². The predicted octanol–water partition coefficient (Wildman–Crippen LogP) is 2.73. The molecule has 15 heavy (non-hydrogen) atoms. The van der Waals surface area contributed by atoms with Gasteiger partial charge in [-0.05, 0) is 18.1 Å². The molecular weight excluding hydrogens is 210 g/mol. The summed E-state index contributed by atoms with van der Waals surface area (Å²) in [5.41, 5.74) is -0.989. The van der Waals surface area contributed by atoms with E-state index in [1.165, 1.54) is 12.1 Å². The average Bonchev–Trinajstić information content (AvgIpc) is 2.16. The van der Waals surface area contributed by atoms with Gasteiger partial charge in [0, 0.05) is 12.1 Å². The first-order valence-corrected chi connectivity index (χ1v) is 4.39. The smallest absolute Gasteiger partial charge is 0.280 e. The van der Waals surface area contributed by atoms with Crippen LogP contribution in [0.5, 0.6) is 0 Å². The van der Waals surface area contributed by atoms with Crippen molar-refractivity contribution in [3.05, 3.63) is 35.1 Å². The second kappa shape index (κ2) is 3.32. The van der Waals surface area contributed by atoms with E-state index in [1.54, 1.807) is 0 Å². The molecule has 1 aliphatic rings. The fraction of sp³-hybridized carbons (Fsp3) is 0.300. The molecular formula is C10H7F4N. The van der Waals surface area contributed by atoms with Crippen LogP contribution in [0.3, 0.4) is 0 Å². The Hall–Kier alpha value is -1.39. The van der Waals surface area contributed by atoms with Gasteiger partial charge in [-0.2, -0.15) is 13.2 Å². The molecule has 80 valence electrons. The van der Waals surface area contributed by atoms with E-state index in [0.29, 0.717) is 0 Å². The van der Waals surface area contributed by atoms with Crippen LogP contribution < -0.4 is 0 Å². The first kappa shape index (κ1) is 10.1. The number of hydrogen-bond donors (Lipinski definition) is 0. The molecule has 5 heteroatoms. The molecule has 0 fully saturated rings. The Morgan fingerprint density at radius 2 is 1.93 bits per heavy atom. The summed E-state index contributed by atoms with van der Waals surface area (Å²) in [6.45, 7) is -0.0111. The van der Waals surface area contributed by atoms with Crippen molar-refractivity contribution in [2.75, 3.05) is 6.54 Å². The summed E-state index contributed by atoms with van der Waals surface area (Å²) in [5.74, 6) is -0.593. The number of aliphatic imine (C=N–C) groups is 1. The fourth-order valence-electron chi connectivity index (χ4n) is 1.64. The van der Waals surface area contributed by atoms with Gasteiger partial charge in [-0.1, -0.05) is 12.1 Å².